The Morgan fingerprint density at radius 3 is 2.20 bits per heavy atom. The van der Waals surface area contributed by atoms with Gasteiger partial charge in [-0.3, -0.25) is 9.69 Å². The summed E-state index contributed by atoms with van der Waals surface area (Å²) in [4.78, 5) is 14.8. The molecule has 0 aromatic heterocycles. The monoisotopic (exact) mass is 365 g/mol. The summed E-state index contributed by atoms with van der Waals surface area (Å²) in [5, 5.41) is 0. The lowest BCUT2D eigenvalue weighted by Crippen LogP contribution is -2.63. The van der Waals surface area contributed by atoms with Gasteiger partial charge in [-0.25, -0.2) is 8.42 Å². The molecule has 1 amide bonds. The first kappa shape index (κ1) is 18.4. The summed E-state index contributed by atoms with van der Waals surface area (Å²) in [5.41, 5.74) is 5.82. The smallest absolute Gasteiger partial charge is 0.243 e. The van der Waals surface area contributed by atoms with E-state index in [1.807, 2.05) is 6.07 Å². The van der Waals surface area contributed by atoms with Crippen molar-refractivity contribution in [3.63, 3.8) is 0 Å². The highest BCUT2D eigenvalue weighted by atomic mass is 32.2. The van der Waals surface area contributed by atoms with Crippen molar-refractivity contribution >= 4 is 15.9 Å². The number of rotatable bonds is 4. The molecule has 0 radical (unpaired) electrons. The summed E-state index contributed by atoms with van der Waals surface area (Å²) in [6, 6.07) is 7.02. The lowest BCUT2D eigenvalue weighted by Gasteiger charge is -2.47. The Bertz CT molecular complexity index is 734. The van der Waals surface area contributed by atoms with E-state index in [0.717, 1.165) is 31.5 Å². The molecule has 0 spiro atoms. The lowest BCUT2D eigenvalue weighted by molar-refractivity contribution is -0.134. The quantitative estimate of drug-likeness (QED) is 0.876. The fraction of sp³-hybridized carbons (Fsp3) is 0.611. The maximum absolute atomic E-state index is 13.0. The Hall–Kier alpha value is -1.44. The van der Waals surface area contributed by atoms with Crippen molar-refractivity contribution in [2.45, 2.75) is 49.5 Å². The molecule has 0 aliphatic carbocycles. The molecule has 138 valence electrons. The average molecular weight is 365 g/mol. The minimum atomic E-state index is -3.54. The van der Waals surface area contributed by atoms with Gasteiger partial charge in [-0.2, -0.15) is 4.31 Å². The summed E-state index contributed by atoms with van der Waals surface area (Å²) >= 11 is 0. The van der Waals surface area contributed by atoms with E-state index in [1.54, 1.807) is 25.1 Å². The summed E-state index contributed by atoms with van der Waals surface area (Å²) in [5.74, 6) is -0.317. The zero-order chi connectivity index (χ0) is 18.1. The van der Waals surface area contributed by atoms with Gasteiger partial charge in [-0.1, -0.05) is 24.6 Å². The van der Waals surface area contributed by atoms with Crippen molar-refractivity contribution < 1.29 is 13.2 Å². The predicted molar refractivity (Wildman–Crippen MR) is 96.5 cm³/mol. The molecule has 7 heteroatoms. The molecule has 2 N–H and O–H groups in total. The second-order valence-electron chi connectivity index (χ2n) is 7.11. The number of amides is 1. The maximum atomic E-state index is 13.0. The number of sulfonamides is 1. The summed E-state index contributed by atoms with van der Waals surface area (Å²) in [6.45, 7) is 4.20. The zero-order valence-electron chi connectivity index (χ0n) is 14.8. The zero-order valence-corrected chi connectivity index (χ0v) is 15.6. The van der Waals surface area contributed by atoms with Crippen molar-refractivity contribution in [2.75, 3.05) is 26.2 Å². The second-order valence-corrected chi connectivity index (χ2v) is 9.02. The van der Waals surface area contributed by atoms with Gasteiger partial charge in [-0.05, 0) is 57.3 Å². The van der Waals surface area contributed by atoms with Gasteiger partial charge in [0.15, 0.2) is 0 Å². The third kappa shape index (κ3) is 3.32. The first-order chi connectivity index (χ1) is 11.9. The first-order valence-corrected chi connectivity index (χ1v) is 10.4. The summed E-state index contributed by atoms with van der Waals surface area (Å²) < 4.78 is 27.4. The molecular formula is C18H27N3O3S. The third-order valence-corrected chi connectivity index (χ3v) is 7.74. The molecule has 0 saturated carbocycles. The molecule has 3 rings (SSSR count). The normalized spacial score (nSPS) is 22.6. The third-order valence-electron chi connectivity index (χ3n) is 5.68. The number of primary amides is 1. The van der Waals surface area contributed by atoms with Crippen LogP contribution in [-0.4, -0.2) is 55.2 Å². The van der Waals surface area contributed by atoms with Gasteiger partial charge >= 0.3 is 0 Å². The van der Waals surface area contributed by atoms with Gasteiger partial charge in [0.1, 0.15) is 5.54 Å². The molecule has 0 bridgehead atoms. The molecule has 2 saturated heterocycles. The molecule has 25 heavy (non-hydrogen) atoms. The van der Waals surface area contributed by atoms with Crippen LogP contribution in [0.3, 0.4) is 0 Å². The fourth-order valence-corrected chi connectivity index (χ4v) is 5.79. The minimum Gasteiger partial charge on any atom is -0.368 e. The second kappa shape index (κ2) is 7.05. The van der Waals surface area contributed by atoms with E-state index >= 15 is 0 Å². The number of benzene rings is 1. The number of piperidine rings is 2. The van der Waals surface area contributed by atoms with Crippen LogP contribution in [-0.2, 0) is 14.8 Å². The molecule has 1 aromatic carbocycles. The van der Waals surface area contributed by atoms with E-state index in [9.17, 15) is 13.2 Å². The number of hydrogen-bond donors (Lipinski definition) is 1. The SMILES string of the molecule is Cc1ccccc1S(=O)(=O)N1CCC(C(N)=O)(N2CCCCC2)CC1. The highest BCUT2D eigenvalue weighted by Crippen LogP contribution is 2.33. The van der Waals surface area contributed by atoms with Crippen molar-refractivity contribution in [3.8, 4) is 0 Å². The maximum Gasteiger partial charge on any atom is 0.243 e. The van der Waals surface area contributed by atoms with Gasteiger partial charge in [0.05, 0.1) is 4.90 Å². The van der Waals surface area contributed by atoms with Gasteiger partial charge < -0.3 is 5.73 Å². The highest BCUT2D eigenvalue weighted by molar-refractivity contribution is 7.89. The molecule has 2 aliphatic heterocycles. The van der Waals surface area contributed by atoms with E-state index < -0.39 is 15.6 Å². The number of hydrogen-bond acceptors (Lipinski definition) is 4. The van der Waals surface area contributed by atoms with E-state index in [-0.39, 0.29) is 5.91 Å². The number of nitrogens with two attached hydrogens (primary N) is 1. The first-order valence-electron chi connectivity index (χ1n) is 8.99. The van der Waals surface area contributed by atoms with Crippen molar-refractivity contribution in [1.82, 2.24) is 9.21 Å². The van der Waals surface area contributed by atoms with E-state index in [1.165, 1.54) is 10.7 Å². The Labute approximate surface area is 150 Å². The van der Waals surface area contributed by atoms with Gasteiger partial charge in [0, 0.05) is 13.1 Å². The van der Waals surface area contributed by atoms with Crippen LogP contribution < -0.4 is 5.73 Å². The molecule has 0 atom stereocenters. The number of aryl methyl sites for hydroxylation is 1. The van der Waals surface area contributed by atoms with Crippen LogP contribution in [0.2, 0.25) is 0 Å². The lowest BCUT2D eigenvalue weighted by atomic mass is 9.84. The molecule has 0 unspecified atom stereocenters. The predicted octanol–water partition coefficient (Wildman–Crippen LogP) is 1.49. The van der Waals surface area contributed by atoms with E-state index in [2.05, 4.69) is 4.90 Å². The number of carbonyl (C=O) groups excluding carboxylic acids is 1. The van der Waals surface area contributed by atoms with Gasteiger partial charge in [0.2, 0.25) is 15.9 Å². The van der Waals surface area contributed by atoms with E-state index in [0.29, 0.717) is 30.8 Å². The Morgan fingerprint density at radius 2 is 1.64 bits per heavy atom. The Balaban J connectivity index is 1.80. The minimum absolute atomic E-state index is 0.317. The van der Waals surface area contributed by atoms with Crippen molar-refractivity contribution in [2.24, 2.45) is 5.73 Å². The van der Waals surface area contributed by atoms with Gasteiger partial charge in [-0.15, -0.1) is 0 Å². The largest absolute Gasteiger partial charge is 0.368 e. The summed E-state index contributed by atoms with van der Waals surface area (Å²) in [6.07, 6.45) is 4.25. The standard InChI is InChI=1S/C18H27N3O3S/c1-15-7-3-4-8-16(15)25(23,24)21-13-9-18(10-14-21,17(19)22)20-11-5-2-6-12-20/h3-4,7-8H,2,5-6,9-14H2,1H3,(H2,19,22). The Kier molecular flexibility index (Phi) is 5.18. The van der Waals surface area contributed by atoms with Crippen LogP contribution in [0.1, 0.15) is 37.7 Å². The molecule has 2 heterocycles. The van der Waals surface area contributed by atoms with Crippen LogP contribution >= 0.6 is 0 Å². The van der Waals surface area contributed by atoms with Crippen LogP contribution in [0.15, 0.2) is 29.2 Å². The molecule has 2 aliphatic rings. The topological polar surface area (TPSA) is 83.7 Å². The van der Waals surface area contributed by atoms with E-state index in [4.69, 9.17) is 5.73 Å². The van der Waals surface area contributed by atoms with Crippen LogP contribution in [0, 0.1) is 6.92 Å². The Morgan fingerprint density at radius 1 is 1.04 bits per heavy atom. The van der Waals surface area contributed by atoms with Crippen LogP contribution in [0.4, 0.5) is 0 Å². The molecule has 1 aromatic rings. The number of nitrogens with zero attached hydrogens (tertiary/aromatic N) is 2. The molecule has 2 fully saturated rings. The van der Waals surface area contributed by atoms with Crippen LogP contribution in [0.5, 0.6) is 0 Å². The molecular weight excluding hydrogens is 338 g/mol. The number of carbonyl (C=O) groups is 1. The fourth-order valence-electron chi connectivity index (χ4n) is 4.12. The average Bonchev–Trinajstić information content (AvgIpc) is 2.62. The molecule has 6 nitrogen and oxygen atoms in total. The summed E-state index contributed by atoms with van der Waals surface area (Å²) in [7, 11) is -3.54. The van der Waals surface area contributed by atoms with Gasteiger partial charge in [0.25, 0.3) is 0 Å². The highest BCUT2D eigenvalue weighted by Gasteiger charge is 2.47. The van der Waals surface area contributed by atoms with Crippen molar-refractivity contribution in [3.05, 3.63) is 29.8 Å². The number of likely N-dealkylation sites (tertiary alicyclic amines) is 1. The van der Waals surface area contributed by atoms with Crippen LogP contribution in [0.25, 0.3) is 0 Å². The van der Waals surface area contributed by atoms with Crippen molar-refractivity contribution in [1.29, 1.82) is 0 Å².